The number of hydrogen-bond donors (Lipinski definition) is 1. The molecule has 0 aliphatic carbocycles. The van der Waals surface area contributed by atoms with Crippen molar-refractivity contribution in [3.63, 3.8) is 0 Å². The Labute approximate surface area is 187 Å². The molecule has 1 fully saturated rings. The van der Waals surface area contributed by atoms with Gasteiger partial charge in [0.25, 0.3) is 5.91 Å². The quantitative estimate of drug-likeness (QED) is 0.577. The molecule has 8 heteroatoms. The molecular formula is C24H27N5O3. The highest BCUT2D eigenvalue weighted by Crippen LogP contribution is 2.19. The van der Waals surface area contributed by atoms with Crippen LogP contribution in [0.15, 0.2) is 67.0 Å². The molecule has 1 aliphatic heterocycles. The number of nitrogens with one attached hydrogen (secondary N) is 1. The number of benzene rings is 2. The summed E-state index contributed by atoms with van der Waals surface area (Å²) in [4.78, 5) is 29.2. The molecule has 0 unspecified atom stereocenters. The first-order chi connectivity index (χ1) is 15.6. The van der Waals surface area contributed by atoms with Gasteiger partial charge in [0.1, 0.15) is 0 Å². The number of nitrogens with zero attached hydrogens (tertiary/aromatic N) is 4. The standard InChI is InChI=1S/C24H27N5O3/c1-2-27-14-16-28(17-15-27)21-10-6-20(7-11-21)26-23(30)18-32-24(31)19-4-8-22(9-5-19)29-13-3-12-25-29/h3-13H,2,14-18H2,1H3,(H,26,30). The van der Waals surface area contributed by atoms with Gasteiger partial charge in [0.05, 0.1) is 11.3 Å². The Morgan fingerprint density at radius 2 is 1.66 bits per heavy atom. The minimum Gasteiger partial charge on any atom is -0.452 e. The lowest BCUT2D eigenvalue weighted by Crippen LogP contribution is -2.46. The summed E-state index contributed by atoms with van der Waals surface area (Å²) < 4.78 is 6.84. The molecule has 0 radical (unpaired) electrons. The predicted molar refractivity (Wildman–Crippen MR) is 123 cm³/mol. The van der Waals surface area contributed by atoms with E-state index >= 15 is 0 Å². The SMILES string of the molecule is CCN1CCN(c2ccc(NC(=O)COC(=O)c3ccc(-n4cccn4)cc3)cc2)CC1. The smallest absolute Gasteiger partial charge is 0.338 e. The van der Waals surface area contributed by atoms with Crippen molar-refractivity contribution < 1.29 is 14.3 Å². The second kappa shape index (κ2) is 10.1. The van der Waals surface area contributed by atoms with E-state index < -0.39 is 5.97 Å². The van der Waals surface area contributed by atoms with Gasteiger partial charge in [0.15, 0.2) is 6.61 Å². The zero-order valence-electron chi connectivity index (χ0n) is 18.1. The number of carbonyl (C=O) groups is 2. The van der Waals surface area contributed by atoms with Crippen molar-refractivity contribution in [2.24, 2.45) is 0 Å². The second-order valence-electron chi connectivity index (χ2n) is 7.59. The molecule has 0 spiro atoms. The molecule has 1 aliphatic rings. The lowest BCUT2D eigenvalue weighted by molar-refractivity contribution is -0.119. The van der Waals surface area contributed by atoms with Crippen molar-refractivity contribution in [1.82, 2.24) is 14.7 Å². The van der Waals surface area contributed by atoms with Crippen molar-refractivity contribution >= 4 is 23.3 Å². The van der Waals surface area contributed by atoms with Crippen molar-refractivity contribution in [2.45, 2.75) is 6.92 Å². The maximum atomic E-state index is 12.2. The summed E-state index contributed by atoms with van der Waals surface area (Å²) in [5, 5.41) is 6.91. The van der Waals surface area contributed by atoms with Gasteiger partial charge in [-0.3, -0.25) is 4.79 Å². The largest absolute Gasteiger partial charge is 0.452 e. The average Bonchev–Trinajstić information content (AvgIpc) is 3.38. The number of carbonyl (C=O) groups excluding carboxylic acids is 2. The molecule has 0 saturated carbocycles. The van der Waals surface area contributed by atoms with Gasteiger partial charge in [0, 0.05) is 49.9 Å². The summed E-state index contributed by atoms with van der Waals surface area (Å²) in [6.07, 6.45) is 3.50. The number of hydrogen-bond acceptors (Lipinski definition) is 6. The number of piperazine rings is 1. The Morgan fingerprint density at radius 3 is 2.28 bits per heavy atom. The molecular weight excluding hydrogens is 406 g/mol. The average molecular weight is 434 g/mol. The van der Waals surface area contributed by atoms with Gasteiger partial charge in [-0.1, -0.05) is 6.92 Å². The van der Waals surface area contributed by atoms with E-state index in [2.05, 4.69) is 27.1 Å². The normalized spacial score (nSPS) is 14.2. The fourth-order valence-electron chi connectivity index (χ4n) is 3.66. The van der Waals surface area contributed by atoms with Gasteiger partial charge in [-0.15, -0.1) is 0 Å². The number of aromatic nitrogens is 2. The summed E-state index contributed by atoms with van der Waals surface area (Å²) in [6.45, 7) is 7.04. The zero-order chi connectivity index (χ0) is 22.3. The van der Waals surface area contributed by atoms with E-state index in [1.807, 2.05) is 36.5 Å². The van der Waals surface area contributed by atoms with Gasteiger partial charge in [-0.25, -0.2) is 9.48 Å². The molecule has 2 heterocycles. The third-order valence-electron chi connectivity index (χ3n) is 5.54. The molecule has 3 aromatic rings. The Balaban J connectivity index is 1.24. The molecule has 8 nitrogen and oxygen atoms in total. The monoisotopic (exact) mass is 433 g/mol. The van der Waals surface area contributed by atoms with Crippen molar-refractivity contribution in [3.8, 4) is 5.69 Å². The molecule has 2 aromatic carbocycles. The van der Waals surface area contributed by atoms with Crippen LogP contribution in [0.25, 0.3) is 5.69 Å². The van der Waals surface area contributed by atoms with E-state index in [0.717, 1.165) is 44.1 Å². The summed E-state index contributed by atoms with van der Waals surface area (Å²) in [7, 11) is 0. The first-order valence-corrected chi connectivity index (χ1v) is 10.8. The van der Waals surface area contributed by atoms with Crippen molar-refractivity contribution in [3.05, 3.63) is 72.6 Å². The van der Waals surface area contributed by atoms with E-state index in [0.29, 0.717) is 11.3 Å². The van der Waals surface area contributed by atoms with Crippen LogP contribution in [0.4, 0.5) is 11.4 Å². The van der Waals surface area contributed by atoms with E-state index in [4.69, 9.17) is 4.74 Å². The molecule has 1 saturated heterocycles. The molecule has 0 bridgehead atoms. The van der Waals surface area contributed by atoms with Crippen molar-refractivity contribution in [2.75, 3.05) is 49.5 Å². The van der Waals surface area contributed by atoms with Crippen LogP contribution in [0.2, 0.25) is 0 Å². The van der Waals surface area contributed by atoms with E-state index in [9.17, 15) is 9.59 Å². The lowest BCUT2D eigenvalue weighted by Gasteiger charge is -2.35. The summed E-state index contributed by atoms with van der Waals surface area (Å²) in [5.74, 6) is -0.926. The Kier molecular flexibility index (Phi) is 6.81. The molecule has 166 valence electrons. The topological polar surface area (TPSA) is 79.7 Å². The molecule has 4 rings (SSSR count). The fraction of sp³-hybridized carbons (Fsp3) is 0.292. The van der Waals surface area contributed by atoms with E-state index in [-0.39, 0.29) is 12.5 Å². The molecule has 1 aromatic heterocycles. The molecule has 1 N–H and O–H groups in total. The van der Waals surface area contributed by atoms with Crippen LogP contribution in [-0.4, -0.2) is 65.9 Å². The van der Waals surface area contributed by atoms with E-state index in [1.165, 1.54) is 0 Å². The highest BCUT2D eigenvalue weighted by atomic mass is 16.5. The summed E-state index contributed by atoms with van der Waals surface area (Å²) >= 11 is 0. The first kappa shape index (κ1) is 21.6. The highest BCUT2D eigenvalue weighted by Gasteiger charge is 2.16. The van der Waals surface area contributed by atoms with E-state index in [1.54, 1.807) is 35.1 Å². The number of anilines is 2. The third kappa shape index (κ3) is 5.33. The number of amides is 1. The fourth-order valence-corrected chi connectivity index (χ4v) is 3.66. The number of likely N-dealkylation sites (N-methyl/N-ethyl adjacent to an activating group) is 1. The van der Waals surface area contributed by atoms with Gasteiger partial charge < -0.3 is 19.9 Å². The maximum Gasteiger partial charge on any atom is 0.338 e. The van der Waals surface area contributed by atoms with Crippen LogP contribution in [0.1, 0.15) is 17.3 Å². The van der Waals surface area contributed by atoms with Gasteiger partial charge >= 0.3 is 5.97 Å². The maximum absolute atomic E-state index is 12.2. The Bertz CT molecular complexity index is 1020. The summed E-state index contributed by atoms with van der Waals surface area (Å²) in [6, 6.07) is 16.4. The lowest BCUT2D eigenvalue weighted by atomic mass is 10.2. The van der Waals surface area contributed by atoms with Gasteiger partial charge in [0.2, 0.25) is 0 Å². The third-order valence-corrected chi connectivity index (χ3v) is 5.54. The second-order valence-corrected chi connectivity index (χ2v) is 7.59. The minimum absolute atomic E-state index is 0.347. The first-order valence-electron chi connectivity index (χ1n) is 10.8. The number of ether oxygens (including phenoxy) is 1. The van der Waals surface area contributed by atoms with Gasteiger partial charge in [-0.2, -0.15) is 5.10 Å². The Hall–Kier alpha value is -3.65. The summed E-state index contributed by atoms with van der Waals surface area (Å²) in [5.41, 5.74) is 3.02. The molecule has 1 amide bonds. The van der Waals surface area contributed by atoms with Crippen LogP contribution in [0, 0.1) is 0 Å². The number of esters is 1. The van der Waals surface area contributed by atoms with Crippen LogP contribution < -0.4 is 10.2 Å². The van der Waals surface area contributed by atoms with Crippen LogP contribution >= 0.6 is 0 Å². The minimum atomic E-state index is -0.547. The van der Waals surface area contributed by atoms with Crippen LogP contribution in [0.3, 0.4) is 0 Å². The van der Waals surface area contributed by atoms with Gasteiger partial charge in [-0.05, 0) is 61.1 Å². The highest BCUT2D eigenvalue weighted by molar-refractivity contribution is 5.95. The Morgan fingerprint density at radius 1 is 0.969 bits per heavy atom. The van der Waals surface area contributed by atoms with Crippen molar-refractivity contribution in [1.29, 1.82) is 0 Å². The zero-order valence-corrected chi connectivity index (χ0v) is 18.1. The molecule has 32 heavy (non-hydrogen) atoms. The number of rotatable bonds is 7. The van der Waals surface area contributed by atoms with Crippen LogP contribution in [-0.2, 0) is 9.53 Å². The van der Waals surface area contributed by atoms with Crippen LogP contribution in [0.5, 0.6) is 0 Å². The molecule has 0 atom stereocenters. The predicted octanol–water partition coefficient (Wildman–Crippen LogP) is 2.81.